The van der Waals surface area contributed by atoms with Gasteiger partial charge in [0.2, 0.25) is 0 Å². The highest BCUT2D eigenvalue weighted by Crippen LogP contribution is 2.58. The van der Waals surface area contributed by atoms with Gasteiger partial charge in [0, 0.05) is 29.2 Å². The Bertz CT molecular complexity index is 710. The van der Waals surface area contributed by atoms with Crippen LogP contribution in [0.3, 0.4) is 0 Å². The Balaban J connectivity index is 1.96. The third-order valence-electron chi connectivity index (χ3n) is 7.11. The van der Waals surface area contributed by atoms with Crippen molar-refractivity contribution in [3.05, 3.63) is 12.2 Å². The lowest BCUT2D eigenvalue weighted by Crippen LogP contribution is -2.41. The van der Waals surface area contributed by atoms with Gasteiger partial charge in [0.15, 0.2) is 0 Å². The van der Waals surface area contributed by atoms with Gasteiger partial charge in [-0.15, -0.1) is 0 Å². The number of hydrogen-bond acceptors (Lipinski definition) is 6. The number of fused-ring (bicyclic) bond motifs is 2. The van der Waals surface area contributed by atoms with Crippen LogP contribution in [-0.2, 0) is 28.6 Å². The van der Waals surface area contributed by atoms with E-state index in [0.717, 1.165) is 0 Å². The van der Waals surface area contributed by atoms with E-state index >= 15 is 0 Å². The number of carbonyl (C=O) groups excluding carboxylic acids is 3. The van der Waals surface area contributed by atoms with Crippen molar-refractivity contribution in [3.8, 4) is 0 Å². The molecule has 6 nitrogen and oxygen atoms in total. The summed E-state index contributed by atoms with van der Waals surface area (Å²) in [5.41, 5.74) is 0.0722. The SMILES string of the molecule is C=C1C(=O)O[C@H]2C[C@@H](C)[C@@H]3[C@@H](OC(=O)C(C)C)C[C@@H](OC(=O)C(C)C)[C@@]3(C)C[C@H]12. The number of esters is 3. The summed E-state index contributed by atoms with van der Waals surface area (Å²) in [5.74, 6) is -1.21. The fraction of sp³-hybridized carbons (Fsp3) is 0.783. The van der Waals surface area contributed by atoms with Crippen molar-refractivity contribution in [2.24, 2.45) is 35.0 Å². The molecule has 0 radical (unpaired) electrons. The molecule has 2 saturated carbocycles. The van der Waals surface area contributed by atoms with E-state index < -0.39 is 5.41 Å². The fourth-order valence-corrected chi connectivity index (χ4v) is 5.54. The topological polar surface area (TPSA) is 78.9 Å². The zero-order valence-electron chi connectivity index (χ0n) is 18.4. The van der Waals surface area contributed by atoms with Crippen molar-refractivity contribution in [2.75, 3.05) is 0 Å². The fourth-order valence-electron chi connectivity index (χ4n) is 5.54. The summed E-state index contributed by atoms with van der Waals surface area (Å²) in [4.78, 5) is 36.9. The molecule has 6 heteroatoms. The van der Waals surface area contributed by atoms with Crippen molar-refractivity contribution in [1.82, 2.24) is 0 Å². The van der Waals surface area contributed by atoms with Crippen molar-refractivity contribution < 1.29 is 28.6 Å². The van der Waals surface area contributed by atoms with Gasteiger partial charge in [0.25, 0.3) is 0 Å². The number of rotatable bonds is 4. The molecule has 0 bridgehead atoms. The van der Waals surface area contributed by atoms with Crippen LogP contribution in [0, 0.1) is 35.0 Å². The van der Waals surface area contributed by atoms with Crippen LogP contribution >= 0.6 is 0 Å². The first-order chi connectivity index (χ1) is 13.5. The highest BCUT2D eigenvalue weighted by Gasteiger charge is 2.61. The molecule has 1 heterocycles. The minimum atomic E-state index is -0.428. The molecule has 1 saturated heterocycles. The van der Waals surface area contributed by atoms with Gasteiger partial charge >= 0.3 is 17.9 Å². The van der Waals surface area contributed by atoms with E-state index in [1.54, 1.807) is 0 Å². The van der Waals surface area contributed by atoms with Gasteiger partial charge in [0.05, 0.1) is 11.8 Å². The Morgan fingerprint density at radius 3 is 2.28 bits per heavy atom. The summed E-state index contributed by atoms with van der Waals surface area (Å²) in [6.07, 6.45) is 0.894. The van der Waals surface area contributed by atoms with E-state index in [4.69, 9.17) is 14.2 Å². The standard InChI is InChI=1S/C23H34O6/c1-11(2)20(24)28-17-9-18(29-21(25)12(3)4)23(7)10-15-14(6)22(26)27-16(15)8-13(5)19(17)23/h11-13,15-19H,6,8-10H2,1-5,7H3/t13-,15-,16+,17+,18-,19-,23-/m1/s1. The van der Waals surface area contributed by atoms with Crippen LogP contribution in [0.4, 0.5) is 0 Å². The molecule has 162 valence electrons. The maximum absolute atomic E-state index is 12.4. The molecule has 0 aromatic heterocycles. The van der Waals surface area contributed by atoms with Crippen LogP contribution in [0.25, 0.3) is 0 Å². The predicted octanol–water partition coefficient (Wildman–Crippen LogP) is 3.68. The lowest BCUT2D eigenvalue weighted by molar-refractivity contribution is -0.160. The molecule has 2 aliphatic carbocycles. The van der Waals surface area contributed by atoms with Gasteiger partial charge < -0.3 is 14.2 Å². The molecule has 29 heavy (non-hydrogen) atoms. The molecular weight excluding hydrogens is 372 g/mol. The van der Waals surface area contributed by atoms with Crippen molar-refractivity contribution in [1.29, 1.82) is 0 Å². The molecule has 0 aromatic carbocycles. The quantitative estimate of drug-likeness (QED) is 0.403. The second-order valence-electron chi connectivity index (χ2n) is 9.97. The minimum Gasteiger partial charge on any atom is -0.462 e. The first-order valence-electron chi connectivity index (χ1n) is 10.8. The van der Waals surface area contributed by atoms with Crippen LogP contribution in [0.1, 0.15) is 60.8 Å². The van der Waals surface area contributed by atoms with Crippen molar-refractivity contribution in [3.63, 3.8) is 0 Å². The van der Waals surface area contributed by atoms with Gasteiger partial charge in [-0.05, 0) is 18.8 Å². The third kappa shape index (κ3) is 3.82. The van der Waals surface area contributed by atoms with Gasteiger partial charge in [-0.25, -0.2) is 4.79 Å². The van der Waals surface area contributed by atoms with Crippen LogP contribution in [0.5, 0.6) is 0 Å². The maximum atomic E-state index is 12.4. The summed E-state index contributed by atoms with van der Waals surface area (Å²) < 4.78 is 17.5. The van der Waals surface area contributed by atoms with Crippen molar-refractivity contribution in [2.45, 2.75) is 79.1 Å². The Morgan fingerprint density at radius 2 is 1.69 bits per heavy atom. The molecular formula is C23H34O6. The van der Waals surface area contributed by atoms with Crippen molar-refractivity contribution >= 4 is 17.9 Å². The monoisotopic (exact) mass is 406 g/mol. The van der Waals surface area contributed by atoms with Crippen LogP contribution in [-0.4, -0.2) is 36.2 Å². The molecule has 0 spiro atoms. The van der Waals surface area contributed by atoms with Crippen LogP contribution in [0.2, 0.25) is 0 Å². The Kier molecular flexibility index (Phi) is 5.85. The zero-order chi connectivity index (χ0) is 21.7. The van der Waals surface area contributed by atoms with Gasteiger partial charge in [-0.2, -0.15) is 0 Å². The first kappa shape index (κ1) is 21.8. The summed E-state index contributed by atoms with van der Waals surface area (Å²) in [5, 5.41) is 0. The Hall–Kier alpha value is -1.85. The average molecular weight is 407 g/mol. The lowest BCUT2D eigenvalue weighted by atomic mass is 9.69. The molecule has 3 fully saturated rings. The predicted molar refractivity (Wildman–Crippen MR) is 107 cm³/mol. The van der Waals surface area contributed by atoms with E-state index in [-0.39, 0.29) is 65.8 Å². The second-order valence-corrected chi connectivity index (χ2v) is 9.97. The van der Waals surface area contributed by atoms with Gasteiger partial charge in [0.1, 0.15) is 18.3 Å². The number of hydrogen-bond donors (Lipinski definition) is 0. The van der Waals surface area contributed by atoms with Crippen LogP contribution < -0.4 is 0 Å². The highest BCUT2D eigenvalue weighted by atomic mass is 16.6. The molecule has 3 aliphatic rings. The van der Waals surface area contributed by atoms with E-state index in [1.807, 2.05) is 27.7 Å². The smallest absolute Gasteiger partial charge is 0.334 e. The van der Waals surface area contributed by atoms with E-state index in [2.05, 4.69) is 20.4 Å². The molecule has 0 N–H and O–H groups in total. The van der Waals surface area contributed by atoms with E-state index in [9.17, 15) is 14.4 Å². The maximum Gasteiger partial charge on any atom is 0.334 e. The molecule has 1 aliphatic heterocycles. The lowest BCUT2D eigenvalue weighted by Gasteiger charge is -2.39. The molecule has 0 aromatic rings. The zero-order valence-corrected chi connectivity index (χ0v) is 18.4. The van der Waals surface area contributed by atoms with Crippen LogP contribution in [0.15, 0.2) is 12.2 Å². The van der Waals surface area contributed by atoms with Gasteiger partial charge in [-0.1, -0.05) is 48.1 Å². The number of carbonyl (C=O) groups is 3. The summed E-state index contributed by atoms with van der Waals surface area (Å²) in [6, 6.07) is 0. The molecule has 0 amide bonds. The summed E-state index contributed by atoms with van der Waals surface area (Å²) in [6.45, 7) is 15.4. The Labute approximate surface area is 173 Å². The Morgan fingerprint density at radius 1 is 1.10 bits per heavy atom. The number of ether oxygens (including phenoxy) is 3. The molecule has 0 unspecified atom stereocenters. The second kappa shape index (κ2) is 7.77. The average Bonchev–Trinajstić information content (AvgIpc) is 2.98. The normalized spacial score (nSPS) is 39.0. The molecule has 3 rings (SSSR count). The minimum absolute atomic E-state index is 0.0206. The third-order valence-corrected chi connectivity index (χ3v) is 7.11. The molecule has 7 atom stereocenters. The van der Waals surface area contributed by atoms with E-state index in [1.165, 1.54) is 0 Å². The van der Waals surface area contributed by atoms with E-state index in [0.29, 0.717) is 24.8 Å². The summed E-state index contributed by atoms with van der Waals surface area (Å²) >= 11 is 0. The highest BCUT2D eigenvalue weighted by molar-refractivity contribution is 5.90. The van der Waals surface area contributed by atoms with Gasteiger partial charge in [-0.3, -0.25) is 9.59 Å². The largest absolute Gasteiger partial charge is 0.462 e. The summed E-state index contributed by atoms with van der Waals surface area (Å²) in [7, 11) is 0. The first-order valence-corrected chi connectivity index (χ1v) is 10.8.